The summed E-state index contributed by atoms with van der Waals surface area (Å²) in [6, 6.07) is -0.531. The minimum atomic E-state index is -0.531. The third-order valence-corrected chi connectivity index (χ3v) is 1.95. The first-order valence-corrected chi connectivity index (χ1v) is 3.92. The van der Waals surface area contributed by atoms with E-state index in [1.54, 1.807) is 0 Å². The van der Waals surface area contributed by atoms with E-state index in [0.717, 1.165) is 6.42 Å². The summed E-state index contributed by atoms with van der Waals surface area (Å²) in [5.41, 5.74) is 5.64. The first-order valence-electron chi connectivity index (χ1n) is 3.92. The minimum absolute atomic E-state index is 0.0856. The molecule has 0 radical (unpaired) electrons. The number of carbonyl (C=O) groups is 1. The molecule has 1 rings (SSSR count). The van der Waals surface area contributed by atoms with E-state index >= 15 is 0 Å². The van der Waals surface area contributed by atoms with Gasteiger partial charge in [-0.15, -0.1) is 0 Å². The Morgan fingerprint density at radius 2 is 2.42 bits per heavy atom. The van der Waals surface area contributed by atoms with Gasteiger partial charge in [-0.25, -0.2) is 0 Å². The number of hydrogen-bond acceptors (Lipinski definition) is 3. The lowest BCUT2D eigenvalue weighted by Crippen LogP contribution is -2.38. The number of rotatable bonds is 2. The molecule has 0 saturated carbocycles. The van der Waals surface area contributed by atoms with Crippen LogP contribution in [0.3, 0.4) is 0 Å². The van der Waals surface area contributed by atoms with E-state index in [1.807, 2.05) is 24.3 Å². The first-order chi connectivity index (χ1) is 5.75. The molecule has 12 heavy (non-hydrogen) atoms. The smallest absolute Gasteiger partial charge is 0.323 e. The van der Waals surface area contributed by atoms with Crippen molar-refractivity contribution in [1.82, 2.24) is 0 Å². The molecule has 3 nitrogen and oxygen atoms in total. The van der Waals surface area contributed by atoms with Crippen molar-refractivity contribution in [2.45, 2.75) is 12.5 Å². The number of carbonyl (C=O) groups excluding carboxylic acids is 1. The number of ether oxygens (including phenoxy) is 1. The molecule has 0 spiro atoms. The van der Waals surface area contributed by atoms with Crippen LogP contribution in [0.2, 0.25) is 0 Å². The molecule has 0 amide bonds. The maximum atomic E-state index is 11.0. The van der Waals surface area contributed by atoms with Gasteiger partial charge in [-0.05, 0) is 6.42 Å². The zero-order valence-corrected chi connectivity index (χ0v) is 7.07. The lowest BCUT2D eigenvalue weighted by molar-refractivity contribution is -0.143. The van der Waals surface area contributed by atoms with Gasteiger partial charge >= 0.3 is 5.97 Å². The van der Waals surface area contributed by atoms with Gasteiger partial charge in [0, 0.05) is 5.92 Å². The second-order valence-electron chi connectivity index (χ2n) is 2.76. The van der Waals surface area contributed by atoms with Gasteiger partial charge in [-0.1, -0.05) is 24.3 Å². The molecule has 0 heterocycles. The Morgan fingerprint density at radius 1 is 1.67 bits per heavy atom. The van der Waals surface area contributed by atoms with Crippen molar-refractivity contribution in [3.63, 3.8) is 0 Å². The van der Waals surface area contributed by atoms with Crippen molar-refractivity contribution in [1.29, 1.82) is 0 Å². The number of esters is 1. The lowest BCUT2D eigenvalue weighted by atomic mass is 9.93. The molecule has 0 saturated heterocycles. The summed E-state index contributed by atoms with van der Waals surface area (Å²) in [7, 11) is 1.35. The van der Waals surface area contributed by atoms with Crippen molar-refractivity contribution in [2.75, 3.05) is 7.11 Å². The molecule has 1 aliphatic carbocycles. The topological polar surface area (TPSA) is 52.3 Å². The van der Waals surface area contributed by atoms with Gasteiger partial charge in [0.05, 0.1) is 7.11 Å². The predicted molar refractivity (Wildman–Crippen MR) is 46.4 cm³/mol. The van der Waals surface area contributed by atoms with Gasteiger partial charge in [-0.2, -0.15) is 0 Å². The summed E-state index contributed by atoms with van der Waals surface area (Å²) in [6.07, 6.45) is 8.58. The second-order valence-corrected chi connectivity index (χ2v) is 2.76. The van der Waals surface area contributed by atoms with Crippen molar-refractivity contribution >= 4 is 5.97 Å². The number of hydrogen-bond donors (Lipinski definition) is 1. The van der Waals surface area contributed by atoms with Crippen LogP contribution in [0.5, 0.6) is 0 Å². The third kappa shape index (κ3) is 1.95. The molecule has 2 N–H and O–H groups in total. The standard InChI is InChI=1S/C9H13NO2/c1-12-9(11)8(10)7-5-3-2-4-6-7/h2-5,7-8H,6,10H2,1H3. The zero-order chi connectivity index (χ0) is 8.97. The largest absolute Gasteiger partial charge is 0.468 e. The Bertz CT molecular complexity index is 221. The third-order valence-electron chi connectivity index (χ3n) is 1.95. The van der Waals surface area contributed by atoms with Crippen LogP contribution in [0.1, 0.15) is 6.42 Å². The van der Waals surface area contributed by atoms with E-state index in [0.29, 0.717) is 0 Å². The van der Waals surface area contributed by atoms with Crippen molar-refractivity contribution < 1.29 is 9.53 Å². The number of allylic oxidation sites excluding steroid dienone is 3. The molecule has 2 atom stereocenters. The molecule has 0 aromatic rings. The molecular formula is C9H13NO2. The highest BCUT2D eigenvalue weighted by Gasteiger charge is 2.22. The summed E-state index contributed by atoms with van der Waals surface area (Å²) in [5, 5.41) is 0. The van der Waals surface area contributed by atoms with Crippen molar-refractivity contribution in [3.8, 4) is 0 Å². The highest BCUT2D eigenvalue weighted by Crippen LogP contribution is 2.14. The fraction of sp³-hybridized carbons (Fsp3) is 0.444. The molecule has 0 aromatic heterocycles. The van der Waals surface area contributed by atoms with Gasteiger partial charge in [-0.3, -0.25) is 4.79 Å². The Labute approximate surface area is 71.9 Å². The van der Waals surface area contributed by atoms with E-state index in [2.05, 4.69) is 4.74 Å². The Balaban J connectivity index is 2.52. The molecule has 1 aliphatic rings. The average molecular weight is 167 g/mol. The van der Waals surface area contributed by atoms with Gasteiger partial charge in [0.1, 0.15) is 6.04 Å². The number of nitrogens with two attached hydrogens (primary N) is 1. The molecule has 3 heteroatoms. The molecule has 0 aromatic carbocycles. The molecular weight excluding hydrogens is 154 g/mol. The molecule has 0 bridgehead atoms. The fourth-order valence-electron chi connectivity index (χ4n) is 1.18. The second kappa shape index (κ2) is 4.07. The molecule has 66 valence electrons. The van der Waals surface area contributed by atoms with Crippen LogP contribution in [0.15, 0.2) is 24.3 Å². The van der Waals surface area contributed by atoms with E-state index < -0.39 is 6.04 Å². The van der Waals surface area contributed by atoms with Gasteiger partial charge in [0.2, 0.25) is 0 Å². The Hall–Kier alpha value is -1.09. The average Bonchev–Trinajstić information content (AvgIpc) is 2.17. The Kier molecular flexibility index (Phi) is 3.05. The quantitative estimate of drug-likeness (QED) is 0.613. The lowest BCUT2D eigenvalue weighted by Gasteiger charge is -2.18. The summed E-state index contributed by atoms with van der Waals surface area (Å²) in [5.74, 6) is -0.262. The predicted octanol–water partition coefficient (Wildman–Crippen LogP) is 0.619. The fourth-order valence-corrected chi connectivity index (χ4v) is 1.18. The normalized spacial score (nSPS) is 23.7. The summed E-state index contributed by atoms with van der Waals surface area (Å²) in [4.78, 5) is 11.0. The zero-order valence-electron chi connectivity index (χ0n) is 7.07. The Morgan fingerprint density at radius 3 is 2.92 bits per heavy atom. The van der Waals surface area contributed by atoms with Crippen LogP contribution in [-0.4, -0.2) is 19.1 Å². The van der Waals surface area contributed by atoms with Crippen LogP contribution in [-0.2, 0) is 9.53 Å². The maximum absolute atomic E-state index is 11.0. The maximum Gasteiger partial charge on any atom is 0.323 e. The van der Waals surface area contributed by atoms with Crippen molar-refractivity contribution in [3.05, 3.63) is 24.3 Å². The molecule has 2 unspecified atom stereocenters. The van der Waals surface area contributed by atoms with Crippen LogP contribution >= 0.6 is 0 Å². The van der Waals surface area contributed by atoms with Gasteiger partial charge < -0.3 is 10.5 Å². The summed E-state index contributed by atoms with van der Waals surface area (Å²) < 4.78 is 4.54. The summed E-state index contributed by atoms with van der Waals surface area (Å²) >= 11 is 0. The highest BCUT2D eigenvalue weighted by molar-refractivity contribution is 5.76. The summed E-state index contributed by atoms with van der Waals surface area (Å²) in [6.45, 7) is 0. The first kappa shape index (κ1) is 9.00. The van der Waals surface area contributed by atoms with E-state index in [-0.39, 0.29) is 11.9 Å². The van der Waals surface area contributed by atoms with Crippen LogP contribution < -0.4 is 5.73 Å². The number of methoxy groups -OCH3 is 1. The molecule has 0 fully saturated rings. The van der Waals surface area contributed by atoms with Gasteiger partial charge in [0.25, 0.3) is 0 Å². The van der Waals surface area contributed by atoms with Crippen molar-refractivity contribution in [2.24, 2.45) is 11.7 Å². The molecule has 0 aliphatic heterocycles. The monoisotopic (exact) mass is 167 g/mol. The van der Waals surface area contributed by atoms with Crippen LogP contribution in [0, 0.1) is 5.92 Å². The van der Waals surface area contributed by atoms with E-state index in [4.69, 9.17) is 5.73 Å². The van der Waals surface area contributed by atoms with Gasteiger partial charge in [0.15, 0.2) is 0 Å². The highest BCUT2D eigenvalue weighted by atomic mass is 16.5. The SMILES string of the molecule is COC(=O)C(N)C1C=CC=CC1. The van der Waals surface area contributed by atoms with E-state index in [1.165, 1.54) is 7.11 Å². The minimum Gasteiger partial charge on any atom is -0.468 e. The van der Waals surface area contributed by atoms with E-state index in [9.17, 15) is 4.79 Å². The van der Waals surface area contributed by atoms with Crippen LogP contribution in [0.25, 0.3) is 0 Å². The van der Waals surface area contributed by atoms with Crippen LogP contribution in [0.4, 0.5) is 0 Å².